The van der Waals surface area contributed by atoms with Gasteiger partial charge < -0.3 is 20.9 Å². The molecule has 0 spiro atoms. The second-order valence-electron chi connectivity index (χ2n) is 11.9. The zero-order chi connectivity index (χ0) is 29.4. The fourth-order valence-electron chi connectivity index (χ4n) is 5.29. The van der Waals surface area contributed by atoms with Crippen LogP contribution in [0.3, 0.4) is 0 Å². The van der Waals surface area contributed by atoms with Crippen molar-refractivity contribution in [1.82, 2.24) is 5.32 Å². The van der Waals surface area contributed by atoms with Gasteiger partial charge in [-0.3, -0.25) is 9.59 Å². The summed E-state index contributed by atoms with van der Waals surface area (Å²) >= 11 is 0. The fraction of sp³-hybridized carbons (Fsp3) is 0.941. The largest absolute Gasteiger partial charge is 0.481 e. The lowest BCUT2D eigenvalue weighted by atomic mass is 10.0. The molecule has 238 valence electrons. The van der Waals surface area contributed by atoms with Gasteiger partial charge in [-0.25, -0.2) is 0 Å². The van der Waals surface area contributed by atoms with Crippen molar-refractivity contribution in [3.63, 3.8) is 0 Å². The van der Waals surface area contributed by atoms with Crippen LogP contribution in [0, 0.1) is 0 Å². The number of nitrogens with one attached hydrogen (secondary N) is 1. The second-order valence-corrected chi connectivity index (χ2v) is 11.9. The number of ether oxygens (including phenoxy) is 1. The van der Waals surface area contributed by atoms with Gasteiger partial charge in [0.15, 0.2) is 0 Å². The number of carbonyl (C=O) groups excluding carboxylic acids is 1. The number of unbranched alkanes of at least 4 members (excludes halogenated alkanes) is 21. The van der Waals surface area contributed by atoms with Crippen molar-refractivity contribution >= 4 is 11.9 Å². The van der Waals surface area contributed by atoms with Gasteiger partial charge in [0.25, 0.3) is 0 Å². The fourth-order valence-corrected chi connectivity index (χ4v) is 5.29. The first kappa shape index (κ1) is 38.9. The van der Waals surface area contributed by atoms with E-state index in [1.165, 1.54) is 128 Å². The highest BCUT2D eigenvalue weighted by molar-refractivity contribution is 5.69. The van der Waals surface area contributed by atoms with E-state index in [1.54, 1.807) is 0 Å². The molecule has 40 heavy (non-hydrogen) atoms. The Labute approximate surface area is 248 Å². The number of hydrogen-bond donors (Lipinski definition) is 3. The van der Waals surface area contributed by atoms with Gasteiger partial charge in [-0.05, 0) is 38.6 Å². The normalized spacial score (nSPS) is 12.1. The Kier molecular flexibility index (Phi) is 31.5. The number of aliphatic carboxylic acids is 1. The molecule has 0 aliphatic heterocycles. The molecule has 6 nitrogen and oxygen atoms in total. The molecular formula is C34H68N2O4. The van der Waals surface area contributed by atoms with Crippen LogP contribution in [0.1, 0.15) is 180 Å². The van der Waals surface area contributed by atoms with Crippen LogP contribution in [0.5, 0.6) is 0 Å². The minimum atomic E-state index is -0.672. The summed E-state index contributed by atoms with van der Waals surface area (Å²) in [5, 5.41) is 12.3. The standard InChI is InChI=1S/C34H68N2O4/c1-2-3-4-5-20-25-30-40-34(39)28-23-18-14-10-7-11-15-19-24-29-36-32(31-35)26-21-16-12-8-6-9-13-17-22-27-33(37)38/h32,36H,2-31,35H2,1H3,(H,37,38). The van der Waals surface area contributed by atoms with Crippen molar-refractivity contribution < 1.29 is 19.4 Å². The van der Waals surface area contributed by atoms with Crippen LogP contribution in [0.2, 0.25) is 0 Å². The Balaban J connectivity index is 3.33. The van der Waals surface area contributed by atoms with Crippen molar-refractivity contribution in [3.8, 4) is 0 Å². The molecule has 0 saturated heterocycles. The summed E-state index contributed by atoms with van der Waals surface area (Å²) in [4.78, 5) is 22.3. The molecule has 0 aliphatic rings. The van der Waals surface area contributed by atoms with E-state index in [2.05, 4.69) is 12.2 Å². The third kappa shape index (κ3) is 31.4. The third-order valence-electron chi connectivity index (χ3n) is 7.98. The maximum atomic E-state index is 11.8. The maximum Gasteiger partial charge on any atom is 0.305 e. The van der Waals surface area contributed by atoms with E-state index in [-0.39, 0.29) is 5.97 Å². The molecular weight excluding hydrogens is 500 g/mol. The SMILES string of the molecule is CCCCCCCCOC(=O)CCCCCCCCCCCNC(CN)CCCCCCCCCCCC(=O)O. The van der Waals surface area contributed by atoms with E-state index < -0.39 is 5.97 Å². The monoisotopic (exact) mass is 569 g/mol. The molecule has 0 fully saturated rings. The van der Waals surface area contributed by atoms with Gasteiger partial charge >= 0.3 is 11.9 Å². The first-order valence-corrected chi connectivity index (χ1v) is 17.4. The highest BCUT2D eigenvalue weighted by atomic mass is 16.5. The highest BCUT2D eigenvalue weighted by Gasteiger charge is 2.06. The first-order valence-electron chi connectivity index (χ1n) is 17.4. The van der Waals surface area contributed by atoms with Crippen molar-refractivity contribution in [2.75, 3.05) is 19.7 Å². The minimum absolute atomic E-state index is 0.00579. The molecule has 0 saturated carbocycles. The Hall–Kier alpha value is -1.14. The van der Waals surface area contributed by atoms with Crippen LogP contribution in [-0.4, -0.2) is 42.8 Å². The maximum absolute atomic E-state index is 11.8. The Morgan fingerprint density at radius 2 is 1.07 bits per heavy atom. The summed E-state index contributed by atoms with van der Waals surface area (Å²) in [5.74, 6) is -0.677. The number of hydrogen-bond acceptors (Lipinski definition) is 5. The predicted octanol–water partition coefficient (Wildman–Crippen LogP) is 9.08. The summed E-state index contributed by atoms with van der Waals surface area (Å²) in [5.41, 5.74) is 5.98. The van der Waals surface area contributed by atoms with Crippen molar-refractivity contribution in [2.45, 2.75) is 186 Å². The van der Waals surface area contributed by atoms with Gasteiger partial charge in [-0.15, -0.1) is 0 Å². The summed E-state index contributed by atoms with van der Waals surface area (Å²) in [6, 6.07) is 0.460. The quantitative estimate of drug-likeness (QED) is 0.0539. The van der Waals surface area contributed by atoms with E-state index in [4.69, 9.17) is 15.6 Å². The predicted molar refractivity (Wildman–Crippen MR) is 170 cm³/mol. The topological polar surface area (TPSA) is 102 Å². The van der Waals surface area contributed by atoms with Crippen LogP contribution < -0.4 is 11.1 Å². The van der Waals surface area contributed by atoms with Crippen LogP contribution in [0.25, 0.3) is 0 Å². The molecule has 0 radical (unpaired) electrons. The van der Waals surface area contributed by atoms with E-state index >= 15 is 0 Å². The van der Waals surface area contributed by atoms with Gasteiger partial charge in [0.05, 0.1) is 6.61 Å². The highest BCUT2D eigenvalue weighted by Crippen LogP contribution is 2.13. The van der Waals surface area contributed by atoms with E-state index in [1.807, 2.05) is 0 Å². The smallest absolute Gasteiger partial charge is 0.305 e. The average Bonchev–Trinajstić information content (AvgIpc) is 2.94. The number of carboxylic acid groups (broad SMARTS) is 1. The third-order valence-corrected chi connectivity index (χ3v) is 7.98. The molecule has 0 amide bonds. The van der Waals surface area contributed by atoms with Gasteiger partial charge in [-0.2, -0.15) is 0 Å². The van der Waals surface area contributed by atoms with Gasteiger partial charge in [-0.1, -0.05) is 135 Å². The number of carboxylic acids is 1. The minimum Gasteiger partial charge on any atom is -0.481 e. The van der Waals surface area contributed by atoms with Crippen LogP contribution in [0.15, 0.2) is 0 Å². The lowest BCUT2D eigenvalue weighted by Gasteiger charge is -2.16. The number of rotatable bonds is 33. The molecule has 0 rings (SSSR count). The zero-order valence-electron chi connectivity index (χ0n) is 26.5. The van der Waals surface area contributed by atoms with Crippen LogP contribution in [0.4, 0.5) is 0 Å². The van der Waals surface area contributed by atoms with E-state index in [0.29, 0.717) is 25.5 Å². The van der Waals surface area contributed by atoms with Gasteiger partial charge in [0, 0.05) is 25.4 Å². The molecule has 6 heteroatoms. The molecule has 0 aromatic rings. The Morgan fingerprint density at radius 3 is 1.60 bits per heavy atom. The van der Waals surface area contributed by atoms with Crippen molar-refractivity contribution in [2.24, 2.45) is 5.73 Å². The van der Waals surface area contributed by atoms with Crippen molar-refractivity contribution in [1.29, 1.82) is 0 Å². The summed E-state index contributed by atoms with van der Waals surface area (Å²) in [7, 11) is 0. The Bertz CT molecular complexity index is 544. The molecule has 4 N–H and O–H groups in total. The molecule has 1 unspecified atom stereocenters. The summed E-state index contributed by atoms with van der Waals surface area (Å²) < 4.78 is 5.35. The molecule has 0 aromatic heterocycles. The molecule has 0 heterocycles. The molecule has 0 aliphatic carbocycles. The molecule has 1 atom stereocenters. The number of esters is 1. The zero-order valence-corrected chi connectivity index (χ0v) is 26.5. The van der Waals surface area contributed by atoms with Crippen LogP contribution >= 0.6 is 0 Å². The number of nitrogens with two attached hydrogens (primary N) is 1. The van der Waals surface area contributed by atoms with Crippen LogP contribution in [-0.2, 0) is 14.3 Å². The van der Waals surface area contributed by atoms with Crippen molar-refractivity contribution in [3.05, 3.63) is 0 Å². The number of carbonyl (C=O) groups is 2. The Morgan fingerprint density at radius 1 is 0.625 bits per heavy atom. The summed E-state index contributed by atoms with van der Waals surface area (Å²) in [6.45, 7) is 4.65. The van der Waals surface area contributed by atoms with E-state index in [0.717, 1.165) is 45.2 Å². The average molecular weight is 569 g/mol. The van der Waals surface area contributed by atoms with Gasteiger partial charge in [0.2, 0.25) is 0 Å². The lowest BCUT2D eigenvalue weighted by molar-refractivity contribution is -0.144. The first-order chi connectivity index (χ1) is 19.6. The molecule has 0 bridgehead atoms. The summed E-state index contributed by atoms with van der Waals surface area (Å²) in [6.07, 6.45) is 31.3. The van der Waals surface area contributed by atoms with Gasteiger partial charge in [0.1, 0.15) is 0 Å². The molecule has 0 aromatic carbocycles. The second kappa shape index (κ2) is 32.4. The van der Waals surface area contributed by atoms with E-state index in [9.17, 15) is 9.59 Å². The lowest BCUT2D eigenvalue weighted by Crippen LogP contribution is -2.36.